The van der Waals surface area contributed by atoms with E-state index in [-0.39, 0.29) is 22.9 Å². The van der Waals surface area contributed by atoms with Gasteiger partial charge in [0.25, 0.3) is 5.56 Å². The molecule has 7 heteroatoms. The van der Waals surface area contributed by atoms with Gasteiger partial charge in [-0.2, -0.15) is 0 Å². The quantitative estimate of drug-likeness (QED) is 0.448. The Balaban J connectivity index is 1.78. The third kappa shape index (κ3) is 4.42. The van der Waals surface area contributed by atoms with Gasteiger partial charge >= 0.3 is 0 Å². The highest BCUT2D eigenvalue weighted by molar-refractivity contribution is 6.32. The molecule has 0 aliphatic heterocycles. The third-order valence-corrected chi connectivity index (χ3v) is 5.81. The number of aromatic nitrogens is 3. The first kappa shape index (κ1) is 22.1. The molecule has 4 aromatic rings. The van der Waals surface area contributed by atoms with Crippen LogP contribution in [0.1, 0.15) is 37.1 Å². The molecule has 4 rings (SSSR count). The monoisotopic (exact) mass is 450 g/mol. The van der Waals surface area contributed by atoms with Gasteiger partial charge in [0.1, 0.15) is 11.6 Å². The average Bonchev–Trinajstić information content (AvgIpc) is 2.78. The highest BCUT2D eigenvalue weighted by Crippen LogP contribution is 2.22. The van der Waals surface area contributed by atoms with Gasteiger partial charge in [-0.15, -0.1) is 0 Å². The molecule has 0 amide bonds. The minimum absolute atomic E-state index is 0.148. The van der Waals surface area contributed by atoms with Crippen LogP contribution in [0.25, 0.3) is 16.6 Å². The lowest BCUT2D eigenvalue weighted by Gasteiger charge is -2.17. The topological polar surface area (TPSA) is 73.8 Å². The summed E-state index contributed by atoms with van der Waals surface area (Å²) in [6.45, 7) is 4.12. The highest BCUT2D eigenvalue weighted by atomic mass is 35.5. The number of hydrogen-bond acceptors (Lipinski definition) is 4. The molecule has 0 aliphatic carbocycles. The maximum Gasteiger partial charge on any atom is 0.266 e. The summed E-state index contributed by atoms with van der Waals surface area (Å²) in [5.74, 6) is 0.311. The van der Waals surface area contributed by atoms with Crippen molar-refractivity contribution in [1.82, 2.24) is 14.5 Å². The second kappa shape index (κ2) is 9.18. The number of aryl methyl sites for hydroxylation is 2. The van der Waals surface area contributed by atoms with E-state index in [9.17, 15) is 9.18 Å². The van der Waals surface area contributed by atoms with Crippen molar-refractivity contribution >= 4 is 22.5 Å². The van der Waals surface area contributed by atoms with Gasteiger partial charge < -0.3 is 5.73 Å². The number of halogens is 2. The lowest BCUT2D eigenvalue weighted by molar-refractivity contribution is 0.501. The number of fused-ring (bicyclic) bond motifs is 1. The molecule has 0 saturated heterocycles. The van der Waals surface area contributed by atoms with Crippen molar-refractivity contribution in [1.29, 1.82) is 0 Å². The number of benzene rings is 2. The van der Waals surface area contributed by atoms with E-state index in [4.69, 9.17) is 22.3 Å². The predicted octanol–water partition coefficient (Wildman–Crippen LogP) is 5.01. The molecule has 1 atom stereocenters. The summed E-state index contributed by atoms with van der Waals surface area (Å²) >= 11 is 6.40. The molecule has 2 aromatic carbocycles. The molecular weight excluding hydrogens is 427 g/mol. The Hall–Kier alpha value is -3.09. The Morgan fingerprint density at radius 1 is 1.03 bits per heavy atom. The summed E-state index contributed by atoms with van der Waals surface area (Å²) in [6.07, 6.45) is 1.00. The Labute approximate surface area is 190 Å². The van der Waals surface area contributed by atoms with E-state index >= 15 is 0 Å². The maximum absolute atomic E-state index is 13.8. The highest BCUT2D eigenvalue weighted by Gasteiger charge is 2.17. The molecule has 0 bridgehead atoms. The maximum atomic E-state index is 13.8. The van der Waals surface area contributed by atoms with Crippen molar-refractivity contribution in [2.24, 2.45) is 11.7 Å². The number of rotatable bonds is 6. The molecule has 0 saturated carbocycles. The molecule has 32 heavy (non-hydrogen) atoms. The van der Waals surface area contributed by atoms with Crippen LogP contribution in [-0.2, 0) is 12.8 Å². The second-order valence-corrected chi connectivity index (χ2v) is 8.51. The number of para-hydroxylation sites is 1. The van der Waals surface area contributed by atoms with Crippen LogP contribution in [0, 0.1) is 11.7 Å². The van der Waals surface area contributed by atoms with Crippen LogP contribution in [0.5, 0.6) is 0 Å². The van der Waals surface area contributed by atoms with Crippen LogP contribution in [0.3, 0.4) is 0 Å². The first-order valence-corrected chi connectivity index (χ1v) is 10.9. The van der Waals surface area contributed by atoms with E-state index < -0.39 is 5.82 Å². The smallest absolute Gasteiger partial charge is 0.266 e. The van der Waals surface area contributed by atoms with Crippen molar-refractivity contribution in [2.45, 2.75) is 32.7 Å². The summed E-state index contributed by atoms with van der Waals surface area (Å²) in [6, 6.07) is 16.7. The number of nitrogens with zero attached hydrogens (tertiary/aromatic N) is 3. The number of nitrogens with two attached hydrogens (primary N) is 1. The Kier molecular flexibility index (Phi) is 6.35. The molecule has 1 unspecified atom stereocenters. The molecule has 0 radical (unpaired) electrons. The Bertz CT molecular complexity index is 1340. The number of pyridine rings is 1. The van der Waals surface area contributed by atoms with Gasteiger partial charge in [-0.05, 0) is 54.8 Å². The van der Waals surface area contributed by atoms with Crippen LogP contribution < -0.4 is 11.3 Å². The van der Waals surface area contributed by atoms with Crippen molar-refractivity contribution in [3.8, 4) is 5.69 Å². The largest absolute Gasteiger partial charge is 0.322 e. The molecule has 0 spiro atoms. The van der Waals surface area contributed by atoms with E-state index in [1.165, 1.54) is 22.8 Å². The molecule has 2 aromatic heterocycles. The van der Waals surface area contributed by atoms with Crippen LogP contribution >= 0.6 is 11.6 Å². The van der Waals surface area contributed by atoms with Gasteiger partial charge in [-0.1, -0.05) is 43.6 Å². The summed E-state index contributed by atoms with van der Waals surface area (Å²) in [5.41, 5.74) is 8.55. The van der Waals surface area contributed by atoms with Gasteiger partial charge in [-0.3, -0.25) is 14.3 Å². The molecule has 0 aliphatic rings. The van der Waals surface area contributed by atoms with Crippen molar-refractivity contribution in [3.05, 3.63) is 99.1 Å². The van der Waals surface area contributed by atoms with Gasteiger partial charge in [0.05, 0.1) is 27.3 Å². The summed E-state index contributed by atoms with van der Waals surface area (Å²) in [5, 5.41) is 0.619. The van der Waals surface area contributed by atoms with Gasteiger partial charge in [0.15, 0.2) is 0 Å². The lowest BCUT2D eigenvalue weighted by atomic mass is 10.0. The standard InChI is InChI=1S/C25H24ClFN4O/c1-15(2)24(28)21-8-5-6-17(29-21)11-13-23-30-20-12-10-16(27)14-18(20)25(32)31(23)22-9-4-3-7-19(22)26/h3-10,12,14-15,24H,11,13,28H2,1-2H3. The van der Waals surface area contributed by atoms with Crippen LogP contribution in [0.2, 0.25) is 5.02 Å². The molecular formula is C25H24ClFN4O. The van der Waals surface area contributed by atoms with Crippen LogP contribution in [0.15, 0.2) is 65.5 Å². The molecule has 2 N–H and O–H groups in total. The lowest BCUT2D eigenvalue weighted by Crippen LogP contribution is -2.25. The first-order valence-electron chi connectivity index (χ1n) is 10.5. The summed E-state index contributed by atoms with van der Waals surface area (Å²) in [7, 11) is 0. The van der Waals surface area contributed by atoms with Crippen molar-refractivity contribution in [2.75, 3.05) is 0 Å². The predicted molar refractivity (Wildman–Crippen MR) is 126 cm³/mol. The minimum Gasteiger partial charge on any atom is -0.322 e. The fourth-order valence-corrected chi connectivity index (χ4v) is 3.88. The fourth-order valence-electron chi connectivity index (χ4n) is 3.66. The first-order chi connectivity index (χ1) is 15.3. The molecule has 0 fully saturated rings. The molecule has 164 valence electrons. The van der Waals surface area contributed by atoms with Gasteiger partial charge in [0.2, 0.25) is 0 Å². The minimum atomic E-state index is -0.489. The van der Waals surface area contributed by atoms with E-state index in [0.29, 0.717) is 34.9 Å². The van der Waals surface area contributed by atoms with Crippen molar-refractivity contribution in [3.63, 3.8) is 0 Å². The van der Waals surface area contributed by atoms with E-state index in [1.807, 2.05) is 18.2 Å². The summed E-state index contributed by atoms with van der Waals surface area (Å²) < 4.78 is 15.3. The fraction of sp³-hybridized carbons (Fsp3) is 0.240. The number of hydrogen-bond donors (Lipinski definition) is 1. The molecule has 5 nitrogen and oxygen atoms in total. The third-order valence-electron chi connectivity index (χ3n) is 5.49. The van der Waals surface area contributed by atoms with Crippen molar-refractivity contribution < 1.29 is 4.39 Å². The summed E-state index contributed by atoms with van der Waals surface area (Å²) in [4.78, 5) is 22.7. The normalized spacial score (nSPS) is 12.4. The average molecular weight is 451 g/mol. The van der Waals surface area contributed by atoms with E-state index in [1.54, 1.807) is 24.3 Å². The van der Waals surface area contributed by atoms with Gasteiger partial charge in [-0.25, -0.2) is 9.37 Å². The zero-order valence-electron chi connectivity index (χ0n) is 17.9. The second-order valence-electron chi connectivity index (χ2n) is 8.11. The zero-order valence-corrected chi connectivity index (χ0v) is 18.7. The molecule has 2 heterocycles. The Morgan fingerprint density at radius 3 is 2.56 bits per heavy atom. The van der Waals surface area contributed by atoms with E-state index in [0.717, 1.165) is 11.4 Å². The Morgan fingerprint density at radius 2 is 1.81 bits per heavy atom. The zero-order chi connectivity index (χ0) is 22.8. The van der Waals surface area contributed by atoms with Crippen LogP contribution in [0.4, 0.5) is 4.39 Å². The van der Waals surface area contributed by atoms with E-state index in [2.05, 4.69) is 18.8 Å². The SMILES string of the molecule is CC(C)C(N)c1cccc(CCc2nc3ccc(F)cc3c(=O)n2-c2ccccc2Cl)n1. The van der Waals surface area contributed by atoms with Crippen LogP contribution in [-0.4, -0.2) is 14.5 Å². The van der Waals surface area contributed by atoms with Gasteiger partial charge in [0, 0.05) is 18.2 Å².